The van der Waals surface area contributed by atoms with Gasteiger partial charge in [-0.3, -0.25) is 14.4 Å². The molecular weight excluding hydrogens is 817 g/mol. The van der Waals surface area contributed by atoms with Crippen molar-refractivity contribution in [2.75, 3.05) is 13.2 Å². The molecule has 0 heterocycles. The van der Waals surface area contributed by atoms with Crippen molar-refractivity contribution in [1.82, 2.24) is 0 Å². The highest BCUT2D eigenvalue weighted by Gasteiger charge is 2.19. The van der Waals surface area contributed by atoms with Crippen LogP contribution in [0.15, 0.2) is 97.2 Å². The van der Waals surface area contributed by atoms with Gasteiger partial charge in [0.25, 0.3) is 0 Å². The van der Waals surface area contributed by atoms with E-state index in [0.29, 0.717) is 19.3 Å². The lowest BCUT2D eigenvalue weighted by Gasteiger charge is -2.18. The molecule has 0 aromatic carbocycles. The third-order valence-corrected chi connectivity index (χ3v) is 11.4. The lowest BCUT2D eigenvalue weighted by atomic mass is 10.1. The zero-order valence-electron chi connectivity index (χ0n) is 42.9. The smallest absolute Gasteiger partial charge is 0.306 e. The maximum absolute atomic E-state index is 12.8. The second-order valence-electron chi connectivity index (χ2n) is 17.8. The van der Waals surface area contributed by atoms with Crippen LogP contribution >= 0.6 is 0 Å². The van der Waals surface area contributed by atoms with Crippen molar-refractivity contribution in [1.29, 1.82) is 0 Å². The molecule has 6 heteroatoms. The average Bonchev–Trinajstić information content (AvgIpc) is 3.31. The lowest BCUT2D eigenvalue weighted by Crippen LogP contribution is -2.30. The van der Waals surface area contributed by atoms with Gasteiger partial charge in [0.1, 0.15) is 13.2 Å². The van der Waals surface area contributed by atoms with Crippen LogP contribution in [0, 0.1) is 0 Å². The molecule has 0 aliphatic heterocycles. The predicted molar refractivity (Wildman–Crippen MR) is 284 cm³/mol. The topological polar surface area (TPSA) is 78.9 Å². The van der Waals surface area contributed by atoms with Gasteiger partial charge in [-0.25, -0.2) is 0 Å². The number of carbonyl (C=O) groups is 3. The molecule has 0 fully saturated rings. The molecule has 0 rings (SSSR count). The summed E-state index contributed by atoms with van der Waals surface area (Å²) >= 11 is 0. The van der Waals surface area contributed by atoms with Crippen molar-refractivity contribution < 1.29 is 28.6 Å². The van der Waals surface area contributed by atoms with Crippen molar-refractivity contribution in [2.45, 2.75) is 252 Å². The molecule has 376 valence electrons. The summed E-state index contributed by atoms with van der Waals surface area (Å²) in [6.07, 6.45) is 71.0. The third-order valence-electron chi connectivity index (χ3n) is 11.4. The molecule has 0 radical (unpaired) electrons. The van der Waals surface area contributed by atoms with Crippen molar-refractivity contribution >= 4 is 17.9 Å². The molecule has 0 saturated heterocycles. The molecule has 1 atom stereocenters. The van der Waals surface area contributed by atoms with Gasteiger partial charge in [-0.05, 0) is 103 Å². The van der Waals surface area contributed by atoms with Gasteiger partial charge in [0.05, 0.1) is 0 Å². The summed E-state index contributed by atoms with van der Waals surface area (Å²) < 4.78 is 16.8. The number of esters is 3. The van der Waals surface area contributed by atoms with E-state index in [4.69, 9.17) is 14.2 Å². The maximum atomic E-state index is 12.8. The minimum atomic E-state index is -0.801. The minimum Gasteiger partial charge on any atom is -0.462 e. The molecule has 0 aliphatic rings. The molecule has 0 spiro atoms. The minimum absolute atomic E-state index is 0.0995. The van der Waals surface area contributed by atoms with Gasteiger partial charge in [-0.2, -0.15) is 0 Å². The van der Waals surface area contributed by atoms with Gasteiger partial charge in [0.2, 0.25) is 0 Å². The van der Waals surface area contributed by atoms with E-state index in [1.54, 1.807) is 0 Å². The number of ether oxygens (including phenoxy) is 3. The van der Waals surface area contributed by atoms with Gasteiger partial charge >= 0.3 is 17.9 Å². The predicted octanol–water partition coefficient (Wildman–Crippen LogP) is 18.1. The fraction of sp³-hybridized carbons (Fsp3) is 0.683. The lowest BCUT2D eigenvalue weighted by molar-refractivity contribution is -0.167. The Balaban J connectivity index is 4.49. The van der Waals surface area contributed by atoms with E-state index in [1.165, 1.54) is 77.0 Å². The monoisotopic (exact) mass is 917 g/mol. The molecule has 0 N–H and O–H groups in total. The number of hydrogen-bond acceptors (Lipinski definition) is 6. The quantitative estimate of drug-likeness (QED) is 0.0199. The molecule has 0 amide bonds. The first kappa shape index (κ1) is 62.3. The first-order valence-corrected chi connectivity index (χ1v) is 27.3. The van der Waals surface area contributed by atoms with Crippen LogP contribution < -0.4 is 0 Å². The molecular formula is C60H100O6. The fourth-order valence-electron chi connectivity index (χ4n) is 7.29. The molecule has 0 aromatic rings. The van der Waals surface area contributed by atoms with E-state index < -0.39 is 6.10 Å². The molecule has 0 saturated carbocycles. The second kappa shape index (κ2) is 53.9. The van der Waals surface area contributed by atoms with E-state index in [2.05, 4.69) is 118 Å². The largest absolute Gasteiger partial charge is 0.462 e. The Labute approximate surface area is 407 Å². The normalized spacial score (nSPS) is 12.8. The Morgan fingerprint density at radius 1 is 0.333 bits per heavy atom. The van der Waals surface area contributed by atoms with Gasteiger partial charge in [0, 0.05) is 19.3 Å². The van der Waals surface area contributed by atoms with Gasteiger partial charge in [-0.1, -0.05) is 221 Å². The highest BCUT2D eigenvalue weighted by molar-refractivity contribution is 5.71. The van der Waals surface area contributed by atoms with E-state index in [1.807, 2.05) is 0 Å². The zero-order chi connectivity index (χ0) is 47.9. The van der Waals surface area contributed by atoms with E-state index in [0.717, 1.165) is 128 Å². The van der Waals surface area contributed by atoms with Gasteiger partial charge in [-0.15, -0.1) is 0 Å². The zero-order valence-corrected chi connectivity index (χ0v) is 42.9. The molecule has 0 aromatic heterocycles. The molecule has 0 bridgehead atoms. The Morgan fingerprint density at radius 3 is 1.12 bits per heavy atom. The summed E-state index contributed by atoms with van der Waals surface area (Å²) in [4.78, 5) is 38.1. The highest BCUT2D eigenvalue weighted by Crippen LogP contribution is 2.14. The summed E-state index contributed by atoms with van der Waals surface area (Å²) in [6.45, 7) is 6.44. The number of allylic oxidation sites excluding steroid dienone is 16. The number of unbranched alkanes of at least 4 members (excludes halogenated alkanes) is 24. The summed E-state index contributed by atoms with van der Waals surface area (Å²) in [7, 11) is 0. The van der Waals surface area contributed by atoms with Crippen LogP contribution in [0.5, 0.6) is 0 Å². The maximum Gasteiger partial charge on any atom is 0.306 e. The van der Waals surface area contributed by atoms with E-state index in [9.17, 15) is 14.4 Å². The summed E-state index contributed by atoms with van der Waals surface area (Å²) in [5.41, 5.74) is 0. The molecule has 6 nitrogen and oxygen atoms in total. The van der Waals surface area contributed by atoms with Gasteiger partial charge in [0.15, 0.2) is 6.10 Å². The molecule has 0 aliphatic carbocycles. The van der Waals surface area contributed by atoms with Gasteiger partial charge < -0.3 is 14.2 Å². The van der Waals surface area contributed by atoms with E-state index >= 15 is 0 Å². The first-order chi connectivity index (χ1) is 32.5. The number of rotatable bonds is 48. The van der Waals surface area contributed by atoms with Crippen LogP contribution in [0.4, 0.5) is 0 Å². The highest BCUT2D eigenvalue weighted by atomic mass is 16.6. The van der Waals surface area contributed by atoms with Crippen LogP contribution in [-0.4, -0.2) is 37.2 Å². The Kier molecular flexibility index (Phi) is 50.9. The van der Waals surface area contributed by atoms with Crippen LogP contribution in [-0.2, 0) is 28.6 Å². The van der Waals surface area contributed by atoms with Crippen LogP contribution in [0.2, 0.25) is 0 Å². The Morgan fingerprint density at radius 2 is 0.652 bits per heavy atom. The summed E-state index contributed by atoms with van der Waals surface area (Å²) in [5, 5.41) is 0. The van der Waals surface area contributed by atoms with Crippen molar-refractivity contribution in [2.24, 2.45) is 0 Å². The van der Waals surface area contributed by atoms with Crippen LogP contribution in [0.25, 0.3) is 0 Å². The SMILES string of the molecule is CC/C=C\C/C=C\C/C=C\CCCCCCCCC(=O)OC(COC(=O)CCCCC/C=C\CCCCCCCCC)COC(=O)CCCCCCC\C=C/C=C\C=C/C=C\CCCCC. The van der Waals surface area contributed by atoms with Crippen molar-refractivity contribution in [3.63, 3.8) is 0 Å². The summed E-state index contributed by atoms with van der Waals surface area (Å²) in [6, 6.07) is 0. The van der Waals surface area contributed by atoms with Crippen LogP contribution in [0.1, 0.15) is 245 Å². The Hall–Kier alpha value is -3.67. The molecule has 66 heavy (non-hydrogen) atoms. The third kappa shape index (κ3) is 51.3. The Bertz CT molecular complexity index is 1330. The summed E-state index contributed by atoms with van der Waals surface area (Å²) in [5.74, 6) is -0.950. The number of carbonyl (C=O) groups excluding carboxylic acids is 3. The standard InChI is InChI=1S/C60H100O6/c1-4-7-10-13-16-19-22-25-28-30-31-33-35-38-41-44-47-50-53-59(62)65-56-57(55-64-58(61)52-49-46-43-40-37-34-27-24-21-18-15-12-9-6-3)66-60(63)54-51-48-45-42-39-36-32-29-26-23-20-17-14-11-8-5-2/h8,11,16-17,19-20,22,25-26,28-31,33-34,37,57H,4-7,9-10,12-15,18,21,23-24,27,32,35-36,38-56H2,1-3H3/b11-8-,19-16-,20-17-,25-22-,29-26-,30-28-,33-31-,37-34-. The first-order valence-electron chi connectivity index (χ1n) is 27.3. The fourth-order valence-corrected chi connectivity index (χ4v) is 7.29. The molecule has 1 unspecified atom stereocenters. The van der Waals surface area contributed by atoms with Crippen LogP contribution in [0.3, 0.4) is 0 Å². The second-order valence-corrected chi connectivity index (χ2v) is 17.8. The van der Waals surface area contributed by atoms with Crippen molar-refractivity contribution in [3.8, 4) is 0 Å². The number of hydrogen-bond donors (Lipinski definition) is 0. The van der Waals surface area contributed by atoms with Crippen molar-refractivity contribution in [3.05, 3.63) is 97.2 Å². The van der Waals surface area contributed by atoms with E-state index in [-0.39, 0.29) is 31.1 Å². The average molecular weight is 917 g/mol.